The lowest BCUT2D eigenvalue weighted by molar-refractivity contribution is 0.379. The maximum Gasteiger partial charge on any atom is 0.218 e. The van der Waals surface area contributed by atoms with Gasteiger partial charge in [-0.2, -0.15) is 0 Å². The number of hydrogen-bond acceptors (Lipinski definition) is 4. The Morgan fingerprint density at radius 1 is 1.19 bits per heavy atom. The first-order valence-electron chi connectivity index (χ1n) is 8.20. The first kappa shape index (κ1) is 20.6. The molecule has 1 aliphatic rings. The minimum Gasteiger partial charge on any atom is -0.481 e. The van der Waals surface area contributed by atoms with E-state index < -0.39 is 0 Å². The first-order chi connectivity index (χ1) is 12.2. The number of methoxy groups -OCH3 is 1. The summed E-state index contributed by atoms with van der Waals surface area (Å²) in [4.78, 5) is 13.1. The van der Waals surface area contributed by atoms with E-state index in [1.807, 2.05) is 36.4 Å². The van der Waals surface area contributed by atoms with Gasteiger partial charge >= 0.3 is 0 Å². The van der Waals surface area contributed by atoms with E-state index in [0.29, 0.717) is 18.4 Å². The molecule has 26 heavy (non-hydrogen) atoms. The van der Waals surface area contributed by atoms with Crippen LogP contribution in [-0.4, -0.2) is 49.1 Å². The lowest BCUT2D eigenvalue weighted by atomic mass is 10.2. The van der Waals surface area contributed by atoms with E-state index in [2.05, 4.69) is 19.8 Å². The monoisotopic (exact) mass is 487 g/mol. The highest BCUT2D eigenvalue weighted by Gasteiger charge is 2.18. The van der Waals surface area contributed by atoms with Crippen LogP contribution >= 0.6 is 35.6 Å². The van der Waals surface area contributed by atoms with Crippen LogP contribution in [0.1, 0.15) is 5.56 Å². The number of halogens is 2. The van der Waals surface area contributed by atoms with E-state index in [1.54, 1.807) is 13.3 Å². The van der Waals surface area contributed by atoms with Crippen molar-refractivity contribution in [3.63, 3.8) is 0 Å². The van der Waals surface area contributed by atoms with Crippen LogP contribution in [-0.2, 0) is 6.54 Å². The van der Waals surface area contributed by atoms with Crippen LogP contribution in [0.15, 0.2) is 47.6 Å². The molecule has 0 aliphatic carbocycles. The van der Waals surface area contributed by atoms with Crippen molar-refractivity contribution in [3.05, 3.63) is 53.2 Å². The smallest absolute Gasteiger partial charge is 0.218 e. The van der Waals surface area contributed by atoms with Crippen molar-refractivity contribution >= 4 is 47.2 Å². The SMILES string of the molecule is COc1ncccc1CN=C(N)N1CCN(c2ccc(Cl)cc2)CC1.I. The Bertz CT molecular complexity index is 733. The van der Waals surface area contributed by atoms with Gasteiger partial charge in [0.25, 0.3) is 0 Å². The molecule has 140 valence electrons. The van der Waals surface area contributed by atoms with Gasteiger partial charge in [-0.1, -0.05) is 17.7 Å². The number of ether oxygens (including phenoxy) is 1. The molecule has 2 aromatic rings. The normalized spacial score (nSPS) is 14.8. The van der Waals surface area contributed by atoms with Gasteiger partial charge in [0, 0.05) is 48.6 Å². The number of guanidine groups is 1. The Morgan fingerprint density at radius 2 is 1.88 bits per heavy atom. The van der Waals surface area contributed by atoms with E-state index in [9.17, 15) is 0 Å². The number of piperazine rings is 1. The molecule has 0 bridgehead atoms. The summed E-state index contributed by atoms with van der Waals surface area (Å²) in [6.45, 7) is 3.92. The number of nitrogens with zero attached hydrogens (tertiary/aromatic N) is 4. The van der Waals surface area contributed by atoms with Crippen LogP contribution in [0.3, 0.4) is 0 Å². The van der Waals surface area contributed by atoms with Crippen molar-refractivity contribution < 1.29 is 4.74 Å². The second-order valence-electron chi connectivity index (χ2n) is 5.80. The summed E-state index contributed by atoms with van der Waals surface area (Å²) >= 11 is 5.95. The van der Waals surface area contributed by atoms with Gasteiger partial charge < -0.3 is 20.3 Å². The predicted octanol–water partition coefficient (Wildman–Crippen LogP) is 3.00. The number of hydrogen-bond donors (Lipinski definition) is 1. The summed E-state index contributed by atoms with van der Waals surface area (Å²) < 4.78 is 5.24. The molecular weight excluding hydrogens is 465 g/mol. The molecule has 1 aromatic heterocycles. The van der Waals surface area contributed by atoms with Gasteiger partial charge in [0.05, 0.1) is 13.7 Å². The standard InChI is InChI=1S/C18H22ClN5O.HI/c1-25-17-14(3-2-8-21-17)13-22-18(20)24-11-9-23(10-12-24)16-6-4-15(19)5-7-16;/h2-8H,9-13H2,1H3,(H2,20,22);1H. The molecule has 0 saturated carbocycles. The fourth-order valence-corrected chi connectivity index (χ4v) is 2.97. The van der Waals surface area contributed by atoms with Gasteiger partial charge in [-0.3, -0.25) is 0 Å². The van der Waals surface area contributed by atoms with E-state index >= 15 is 0 Å². The maximum atomic E-state index is 6.17. The molecule has 1 aromatic carbocycles. The quantitative estimate of drug-likeness (QED) is 0.408. The van der Waals surface area contributed by atoms with Crippen LogP contribution in [0.4, 0.5) is 5.69 Å². The van der Waals surface area contributed by atoms with E-state index in [4.69, 9.17) is 22.1 Å². The van der Waals surface area contributed by atoms with Crippen molar-refractivity contribution in [2.45, 2.75) is 6.54 Å². The molecule has 1 saturated heterocycles. The van der Waals surface area contributed by atoms with E-state index in [0.717, 1.165) is 36.8 Å². The van der Waals surface area contributed by atoms with Gasteiger partial charge in [0.2, 0.25) is 5.88 Å². The molecule has 0 atom stereocenters. The van der Waals surface area contributed by atoms with Gasteiger partial charge in [-0.15, -0.1) is 24.0 Å². The number of aliphatic imine (C=N–C) groups is 1. The molecule has 1 aliphatic heterocycles. The molecule has 0 spiro atoms. The predicted molar refractivity (Wildman–Crippen MR) is 117 cm³/mol. The summed E-state index contributed by atoms with van der Waals surface area (Å²) in [5.41, 5.74) is 8.27. The van der Waals surface area contributed by atoms with Crippen LogP contribution in [0.2, 0.25) is 5.02 Å². The third-order valence-corrected chi connectivity index (χ3v) is 4.50. The lowest BCUT2D eigenvalue weighted by Crippen LogP contribution is -2.51. The van der Waals surface area contributed by atoms with E-state index in [1.165, 1.54) is 5.69 Å². The van der Waals surface area contributed by atoms with Crippen LogP contribution in [0.5, 0.6) is 5.88 Å². The van der Waals surface area contributed by atoms with Gasteiger partial charge in [0.15, 0.2) is 5.96 Å². The second-order valence-corrected chi connectivity index (χ2v) is 6.23. The number of anilines is 1. The van der Waals surface area contributed by atoms with Gasteiger partial charge in [-0.25, -0.2) is 9.98 Å². The fraction of sp³-hybridized carbons (Fsp3) is 0.333. The molecule has 2 N–H and O–H groups in total. The number of pyridine rings is 1. The number of benzene rings is 1. The van der Waals surface area contributed by atoms with Crippen molar-refractivity contribution in [2.24, 2.45) is 10.7 Å². The molecule has 1 fully saturated rings. The topological polar surface area (TPSA) is 67.0 Å². The molecule has 6 nitrogen and oxygen atoms in total. The Labute approximate surface area is 176 Å². The molecule has 3 rings (SSSR count). The fourth-order valence-electron chi connectivity index (χ4n) is 2.84. The van der Waals surface area contributed by atoms with Crippen LogP contribution < -0.4 is 15.4 Å². The summed E-state index contributed by atoms with van der Waals surface area (Å²) in [6, 6.07) is 11.7. The minimum atomic E-state index is 0. The average Bonchev–Trinajstić information content (AvgIpc) is 2.67. The Balaban J connectivity index is 0.00000243. The second kappa shape index (κ2) is 9.82. The summed E-state index contributed by atoms with van der Waals surface area (Å²) in [6.07, 6.45) is 1.70. The minimum absolute atomic E-state index is 0. The number of aromatic nitrogens is 1. The number of rotatable bonds is 4. The van der Waals surface area contributed by atoms with Gasteiger partial charge in [-0.05, 0) is 30.3 Å². The molecule has 2 heterocycles. The average molecular weight is 488 g/mol. The lowest BCUT2D eigenvalue weighted by Gasteiger charge is -2.36. The largest absolute Gasteiger partial charge is 0.481 e. The summed E-state index contributed by atoms with van der Waals surface area (Å²) in [5, 5.41) is 0.754. The third kappa shape index (κ3) is 5.14. The highest BCUT2D eigenvalue weighted by Crippen LogP contribution is 2.19. The zero-order valence-electron chi connectivity index (χ0n) is 14.6. The zero-order valence-corrected chi connectivity index (χ0v) is 17.7. The number of nitrogens with two attached hydrogens (primary N) is 1. The highest BCUT2D eigenvalue weighted by molar-refractivity contribution is 14.0. The molecule has 0 radical (unpaired) electrons. The van der Waals surface area contributed by atoms with Crippen molar-refractivity contribution in [3.8, 4) is 5.88 Å². The Kier molecular flexibility index (Phi) is 7.77. The Morgan fingerprint density at radius 3 is 2.54 bits per heavy atom. The molecule has 0 unspecified atom stereocenters. The van der Waals surface area contributed by atoms with Crippen molar-refractivity contribution in [1.82, 2.24) is 9.88 Å². The summed E-state index contributed by atoms with van der Waals surface area (Å²) in [5.74, 6) is 1.15. The van der Waals surface area contributed by atoms with Crippen LogP contribution in [0.25, 0.3) is 0 Å². The van der Waals surface area contributed by atoms with Gasteiger partial charge in [0.1, 0.15) is 0 Å². The van der Waals surface area contributed by atoms with Crippen LogP contribution in [0, 0.1) is 0 Å². The zero-order chi connectivity index (χ0) is 17.6. The Hall–Kier alpha value is -1.74. The molecule has 8 heteroatoms. The third-order valence-electron chi connectivity index (χ3n) is 4.25. The molecular formula is C18H23ClIN5O. The van der Waals surface area contributed by atoms with Crippen molar-refractivity contribution in [2.75, 3.05) is 38.2 Å². The van der Waals surface area contributed by atoms with E-state index in [-0.39, 0.29) is 24.0 Å². The summed E-state index contributed by atoms with van der Waals surface area (Å²) in [7, 11) is 1.61. The van der Waals surface area contributed by atoms with Crippen molar-refractivity contribution in [1.29, 1.82) is 0 Å². The molecule has 0 amide bonds. The highest BCUT2D eigenvalue weighted by atomic mass is 127. The maximum absolute atomic E-state index is 6.17. The first-order valence-corrected chi connectivity index (χ1v) is 8.58.